The van der Waals surface area contributed by atoms with Gasteiger partial charge in [0.25, 0.3) is 0 Å². The third-order valence-electron chi connectivity index (χ3n) is 3.69. The van der Waals surface area contributed by atoms with Crippen LogP contribution >= 0.6 is 15.9 Å². The van der Waals surface area contributed by atoms with Gasteiger partial charge in [-0.2, -0.15) is 5.10 Å². The van der Waals surface area contributed by atoms with E-state index in [0.29, 0.717) is 17.0 Å². The van der Waals surface area contributed by atoms with E-state index in [0.717, 1.165) is 10.0 Å². The van der Waals surface area contributed by atoms with Gasteiger partial charge in [0.05, 0.1) is 23.0 Å². The lowest BCUT2D eigenvalue weighted by Crippen LogP contribution is -2.08. The number of carboxylic acid groups (broad SMARTS) is 1. The van der Waals surface area contributed by atoms with Crippen LogP contribution in [0.4, 0.5) is 5.69 Å². The van der Waals surface area contributed by atoms with Gasteiger partial charge < -0.3 is 9.84 Å². The highest BCUT2D eigenvalue weighted by molar-refractivity contribution is 9.10. The normalized spacial score (nSPS) is 10.6. The molecule has 0 unspecified atom stereocenters. The summed E-state index contributed by atoms with van der Waals surface area (Å²) in [6.07, 6.45) is 1.60. The number of hydrogen-bond donors (Lipinski definition) is 2. The van der Waals surface area contributed by atoms with Crippen LogP contribution in [-0.4, -0.2) is 23.3 Å². The average molecular weight is 439 g/mol. The average Bonchev–Trinajstić information content (AvgIpc) is 2.69. The van der Waals surface area contributed by atoms with Crippen LogP contribution in [-0.2, 0) is 0 Å². The molecule has 0 radical (unpaired) electrons. The summed E-state index contributed by atoms with van der Waals surface area (Å²) < 4.78 is 6.15. The molecular weight excluding hydrogens is 424 g/mol. The molecular formula is C21H15BrN2O4. The van der Waals surface area contributed by atoms with Crippen molar-refractivity contribution in [3.8, 4) is 5.75 Å². The Morgan fingerprint density at radius 2 is 1.68 bits per heavy atom. The summed E-state index contributed by atoms with van der Waals surface area (Å²) in [5.74, 6) is -0.982. The van der Waals surface area contributed by atoms with Crippen LogP contribution in [0.15, 0.2) is 82.4 Å². The van der Waals surface area contributed by atoms with Crippen molar-refractivity contribution in [1.82, 2.24) is 0 Å². The summed E-state index contributed by atoms with van der Waals surface area (Å²) in [6, 6.07) is 20.1. The van der Waals surface area contributed by atoms with Gasteiger partial charge in [0.1, 0.15) is 5.75 Å². The van der Waals surface area contributed by atoms with Crippen molar-refractivity contribution in [2.75, 3.05) is 5.43 Å². The first-order valence-corrected chi connectivity index (χ1v) is 9.01. The minimum atomic E-state index is -0.976. The molecule has 0 bridgehead atoms. The molecule has 0 heterocycles. The Morgan fingerprint density at radius 3 is 2.32 bits per heavy atom. The summed E-state index contributed by atoms with van der Waals surface area (Å²) in [7, 11) is 0. The highest BCUT2D eigenvalue weighted by atomic mass is 79.9. The molecule has 0 fully saturated rings. The molecule has 140 valence electrons. The number of hydrogen-bond acceptors (Lipinski definition) is 5. The smallest absolute Gasteiger partial charge is 0.343 e. The number of rotatable bonds is 6. The highest BCUT2D eigenvalue weighted by Gasteiger charge is 2.08. The molecule has 0 aliphatic heterocycles. The van der Waals surface area contributed by atoms with Gasteiger partial charge in [0.15, 0.2) is 0 Å². The summed E-state index contributed by atoms with van der Waals surface area (Å²) in [5.41, 5.74) is 4.96. The first-order valence-electron chi connectivity index (χ1n) is 8.21. The molecule has 0 aliphatic rings. The van der Waals surface area contributed by atoms with Crippen LogP contribution < -0.4 is 10.2 Å². The van der Waals surface area contributed by atoms with Gasteiger partial charge in [-0.3, -0.25) is 5.43 Å². The molecule has 0 saturated carbocycles. The van der Waals surface area contributed by atoms with E-state index in [1.807, 2.05) is 6.07 Å². The van der Waals surface area contributed by atoms with Crippen molar-refractivity contribution in [3.05, 3.63) is 94.0 Å². The Morgan fingerprint density at radius 1 is 0.964 bits per heavy atom. The number of anilines is 1. The van der Waals surface area contributed by atoms with Gasteiger partial charge in [-0.1, -0.05) is 22.0 Å². The highest BCUT2D eigenvalue weighted by Crippen LogP contribution is 2.16. The Bertz CT molecular complexity index is 1020. The quantitative estimate of drug-likeness (QED) is 0.249. The summed E-state index contributed by atoms with van der Waals surface area (Å²) >= 11 is 3.32. The standard InChI is InChI=1S/C21H15BrN2O4/c22-17-3-1-2-16(12-17)21(27)28-19-10-4-14(5-11-19)13-23-24-18-8-6-15(7-9-18)20(25)26/h1-13,24H,(H,25,26). The number of carbonyl (C=O) groups excluding carboxylic acids is 1. The molecule has 7 heteroatoms. The number of esters is 1. The van der Waals surface area contributed by atoms with Gasteiger partial charge in [0.2, 0.25) is 0 Å². The molecule has 0 amide bonds. The van der Waals surface area contributed by atoms with Crippen molar-refractivity contribution in [2.45, 2.75) is 0 Å². The minimum absolute atomic E-state index is 0.211. The van der Waals surface area contributed by atoms with Crippen molar-refractivity contribution < 1.29 is 19.4 Å². The second kappa shape index (κ2) is 8.96. The lowest BCUT2D eigenvalue weighted by atomic mass is 10.2. The summed E-state index contributed by atoms with van der Waals surface area (Å²) in [4.78, 5) is 22.9. The lowest BCUT2D eigenvalue weighted by Gasteiger charge is -2.05. The maximum atomic E-state index is 12.1. The molecule has 2 N–H and O–H groups in total. The first-order chi connectivity index (χ1) is 13.5. The molecule has 0 spiro atoms. The van der Waals surface area contributed by atoms with E-state index in [9.17, 15) is 9.59 Å². The fourth-order valence-electron chi connectivity index (χ4n) is 2.27. The van der Waals surface area contributed by atoms with Crippen molar-refractivity contribution >= 4 is 39.8 Å². The van der Waals surface area contributed by atoms with E-state index in [1.54, 1.807) is 60.8 Å². The van der Waals surface area contributed by atoms with Gasteiger partial charge in [-0.25, -0.2) is 9.59 Å². The first kappa shape index (κ1) is 19.3. The summed E-state index contributed by atoms with van der Waals surface area (Å²) in [5, 5.41) is 13.0. The fraction of sp³-hybridized carbons (Fsp3) is 0. The van der Waals surface area contributed by atoms with Crippen LogP contribution in [0, 0.1) is 0 Å². The molecule has 28 heavy (non-hydrogen) atoms. The number of hydrazone groups is 1. The number of carboxylic acids is 1. The maximum absolute atomic E-state index is 12.1. The minimum Gasteiger partial charge on any atom is -0.478 e. The number of benzene rings is 3. The van der Waals surface area contributed by atoms with Crippen LogP contribution in [0.1, 0.15) is 26.3 Å². The third-order valence-corrected chi connectivity index (χ3v) is 4.18. The van der Waals surface area contributed by atoms with Crippen LogP contribution in [0.5, 0.6) is 5.75 Å². The van der Waals surface area contributed by atoms with Gasteiger partial charge in [-0.05, 0) is 72.3 Å². The number of carbonyl (C=O) groups is 2. The lowest BCUT2D eigenvalue weighted by molar-refractivity contribution is 0.0694. The van der Waals surface area contributed by atoms with E-state index >= 15 is 0 Å². The monoisotopic (exact) mass is 438 g/mol. The zero-order valence-electron chi connectivity index (χ0n) is 14.5. The number of aromatic carboxylic acids is 1. The molecule has 0 aromatic heterocycles. The molecule has 0 aliphatic carbocycles. The van der Waals surface area contributed by atoms with Crippen LogP contribution in [0.2, 0.25) is 0 Å². The second-order valence-corrected chi connectivity index (χ2v) is 6.64. The van der Waals surface area contributed by atoms with E-state index in [-0.39, 0.29) is 5.56 Å². The number of ether oxygens (including phenoxy) is 1. The summed E-state index contributed by atoms with van der Waals surface area (Å²) in [6.45, 7) is 0. The van der Waals surface area contributed by atoms with Crippen molar-refractivity contribution in [2.24, 2.45) is 5.10 Å². The molecule has 3 aromatic carbocycles. The Kier molecular flexibility index (Phi) is 6.18. The topological polar surface area (TPSA) is 88.0 Å². The van der Waals surface area contributed by atoms with Crippen molar-refractivity contribution in [1.29, 1.82) is 0 Å². The third kappa shape index (κ3) is 5.28. The van der Waals surface area contributed by atoms with E-state index in [4.69, 9.17) is 9.84 Å². The Balaban J connectivity index is 1.57. The van der Waals surface area contributed by atoms with Gasteiger partial charge in [0, 0.05) is 4.47 Å². The van der Waals surface area contributed by atoms with E-state index < -0.39 is 11.9 Å². The van der Waals surface area contributed by atoms with E-state index in [2.05, 4.69) is 26.5 Å². The zero-order chi connectivity index (χ0) is 19.9. The van der Waals surface area contributed by atoms with Gasteiger partial charge in [-0.15, -0.1) is 0 Å². The van der Waals surface area contributed by atoms with Crippen LogP contribution in [0.25, 0.3) is 0 Å². The van der Waals surface area contributed by atoms with Gasteiger partial charge >= 0.3 is 11.9 Å². The van der Waals surface area contributed by atoms with Crippen LogP contribution in [0.3, 0.4) is 0 Å². The second-order valence-electron chi connectivity index (χ2n) is 5.72. The molecule has 3 aromatic rings. The van der Waals surface area contributed by atoms with Crippen molar-refractivity contribution in [3.63, 3.8) is 0 Å². The predicted molar refractivity (Wildman–Crippen MR) is 110 cm³/mol. The number of nitrogens with one attached hydrogen (secondary N) is 1. The predicted octanol–water partition coefficient (Wildman–Crippen LogP) is 4.81. The Labute approximate surface area is 169 Å². The molecule has 3 rings (SSSR count). The molecule has 0 saturated heterocycles. The number of nitrogens with zero attached hydrogens (tertiary/aromatic N) is 1. The molecule has 6 nitrogen and oxygen atoms in total. The zero-order valence-corrected chi connectivity index (χ0v) is 16.1. The SMILES string of the molecule is O=C(O)c1ccc(NN=Cc2ccc(OC(=O)c3cccc(Br)c3)cc2)cc1. The number of halogens is 1. The largest absolute Gasteiger partial charge is 0.478 e. The maximum Gasteiger partial charge on any atom is 0.343 e. The molecule has 0 atom stereocenters. The fourth-order valence-corrected chi connectivity index (χ4v) is 2.67. The Hall–Kier alpha value is -3.45. The van der Waals surface area contributed by atoms with E-state index in [1.165, 1.54) is 12.1 Å².